The highest BCUT2D eigenvalue weighted by Crippen LogP contribution is 2.26. The average Bonchev–Trinajstić information content (AvgIpc) is 2.33. The highest BCUT2D eigenvalue weighted by Gasteiger charge is 2.13. The number of nitrogens with zero attached hydrogens (tertiary/aromatic N) is 3. The Morgan fingerprint density at radius 1 is 1.32 bits per heavy atom. The summed E-state index contributed by atoms with van der Waals surface area (Å²) in [7, 11) is 4.08. The first kappa shape index (κ1) is 15.2. The number of anilines is 2. The van der Waals surface area contributed by atoms with E-state index in [1.807, 2.05) is 14.1 Å². The quantitative estimate of drug-likeness (QED) is 0.464. The van der Waals surface area contributed by atoms with Crippen LogP contribution in [0.2, 0.25) is 0 Å². The van der Waals surface area contributed by atoms with E-state index in [1.165, 1.54) is 6.07 Å². The maximum absolute atomic E-state index is 10.7. The number of rotatable bonds is 7. The number of hydrogen-bond donors (Lipinski definition) is 1. The van der Waals surface area contributed by atoms with Crippen molar-refractivity contribution >= 4 is 17.1 Å². The van der Waals surface area contributed by atoms with Gasteiger partial charge in [-0.15, -0.1) is 0 Å². The summed E-state index contributed by atoms with van der Waals surface area (Å²) in [5.74, 6) is 0. The molecule has 0 spiro atoms. The fourth-order valence-corrected chi connectivity index (χ4v) is 1.95. The first-order valence-electron chi connectivity index (χ1n) is 6.39. The Morgan fingerprint density at radius 2 is 2.00 bits per heavy atom. The molecule has 0 radical (unpaired) electrons. The molecule has 0 atom stereocenters. The van der Waals surface area contributed by atoms with Crippen LogP contribution in [-0.2, 0) is 0 Å². The van der Waals surface area contributed by atoms with Crippen molar-refractivity contribution < 1.29 is 4.92 Å². The predicted octanol–water partition coefficient (Wildman–Crippen LogP) is 1.96. The zero-order chi connectivity index (χ0) is 14.4. The van der Waals surface area contributed by atoms with Gasteiger partial charge in [0.05, 0.1) is 4.92 Å². The van der Waals surface area contributed by atoms with E-state index in [2.05, 4.69) is 16.7 Å². The smallest absolute Gasteiger partial charge is 0.292 e. The molecule has 0 amide bonds. The lowest BCUT2D eigenvalue weighted by Gasteiger charge is -2.24. The van der Waals surface area contributed by atoms with Crippen molar-refractivity contribution in [2.75, 3.05) is 44.4 Å². The molecule has 6 heteroatoms. The number of hydrogen-bond acceptors (Lipinski definition) is 5. The summed E-state index contributed by atoms with van der Waals surface area (Å²) >= 11 is 0. The van der Waals surface area contributed by atoms with Gasteiger partial charge in [0.1, 0.15) is 5.69 Å². The van der Waals surface area contributed by atoms with E-state index in [4.69, 9.17) is 5.73 Å². The number of nitrogen functional groups attached to an aromatic ring is 1. The molecule has 19 heavy (non-hydrogen) atoms. The molecule has 1 aromatic rings. The van der Waals surface area contributed by atoms with Crippen LogP contribution in [0.1, 0.15) is 13.3 Å². The lowest BCUT2D eigenvalue weighted by Crippen LogP contribution is -2.27. The van der Waals surface area contributed by atoms with Crippen LogP contribution in [0.25, 0.3) is 0 Å². The van der Waals surface area contributed by atoms with Gasteiger partial charge >= 0.3 is 0 Å². The molecule has 0 saturated heterocycles. The minimum absolute atomic E-state index is 0.0342. The molecule has 0 heterocycles. The Morgan fingerprint density at radius 3 is 2.47 bits per heavy atom. The van der Waals surface area contributed by atoms with Gasteiger partial charge in [-0.25, -0.2) is 0 Å². The van der Waals surface area contributed by atoms with Crippen molar-refractivity contribution in [3.63, 3.8) is 0 Å². The van der Waals surface area contributed by atoms with Crippen LogP contribution in [0.4, 0.5) is 17.1 Å². The monoisotopic (exact) mass is 266 g/mol. The molecule has 2 N–H and O–H groups in total. The van der Waals surface area contributed by atoms with Crippen LogP contribution in [0.5, 0.6) is 0 Å². The molecular formula is C13H22N4O2. The zero-order valence-electron chi connectivity index (χ0n) is 11.8. The van der Waals surface area contributed by atoms with Crippen LogP contribution in [-0.4, -0.2) is 43.6 Å². The third kappa shape index (κ3) is 4.40. The van der Waals surface area contributed by atoms with E-state index in [1.54, 1.807) is 12.1 Å². The second kappa shape index (κ2) is 6.94. The molecule has 0 unspecified atom stereocenters. The van der Waals surface area contributed by atoms with Gasteiger partial charge in [0.25, 0.3) is 5.69 Å². The van der Waals surface area contributed by atoms with Crippen molar-refractivity contribution in [3.05, 3.63) is 28.3 Å². The lowest BCUT2D eigenvalue weighted by molar-refractivity contribution is -0.383. The third-order valence-corrected chi connectivity index (χ3v) is 2.99. The van der Waals surface area contributed by atoms with E-state index in [-0.39, 0.29) is 11.4 Å². The van der Waals surface area contributed by atoms with Gasteiger partial charge in [0.2, 0.25) is 0 Å². The second-order valence-electron chi connectivity index (χ2n) is 4.74. The molecule has 1 rings (SSSR count). The van der Waals surface area contributed by atoms with Crippen molar-refractivity contribution in [1.82, 2.24) is 4.90 Å². The van der Waals surface area contributed by atoms with Crippen LogP contribution < -0.4 is 10.6 Å². The maximum atomic E-state index is 10.7. The molecule has 0 aromatic heterocycles. The summed E-state index contributed by atoms with van der Waals surface area (Å²) in [5, 5.41) is 10.7. The molecule has 0 saturated carbocycles. The fraction of sp³-hybridized carbons (Fsp3) is 0.538. The standard InChI is InChI=1S/C13H22N4O2/c1-4-16(9-5-8-15(2)3)11-6-7-13(17(18)19)12(14)10-11/h6-7,10H,4-5,8-9,14H2,1-3H3. The van der Waals surface area contributed by atoms with Crippen LogP contribution in [0.15, 0.2) is 18.2 Å². The number of benzene rings is 1. The Hall–Kier alpha value is -1.82. The van der Waals surface area contributed by atoms with Crippen molar-refractivity contribution in [2.45, 2.75) is 13.3 Å². The number of nitrogens with two attached hydrogens (primary N) is 1. The highest BCUT2D eigenvalue weighted by molar-refractivity contribution is 5.66. The summed E-state index contributed by atoms with van der Waals surface area (Å²) in [4.78, 5) is 14.6. The van der Waals surface area contributed by atoms with Gasteiger partial charge in [-0.05, 0) is 46.1 Å². The Kier molecular flexibility index (Phi) is 5.57. The predicted molar refractivity (Wildman–Crippen MR) is 78.6 cm³/mol. The van der Waals surface area contributed by atoms with E-state index in [0.717, 1.165) is 31.7 Å². The Bertz CT molecular complexity index is 435. The summed E-state index contributed by atoms with van der Waals surface area (Å²) < 4.78 is 0. The van der Waals surface area contributed by atoms with E-state index >= 15 is 0 Å². The Balaban J connectivity index is 2.76. The molecule has 0 aliphatic rings. The third-order valence-electron chi connectivity index (χ3n) is 2.99. The molecule has 0 bridgehead atoms. The number of nitro benzene ring substituents is 1. The van der Waals surface area contributed by atoms with Crippen LogP contribution in [0, 0.1) is 10.1 Å². The Labute approximate surface area is 113 Å². The molecule has 0 aliphatic carbocycles. The highest BCUT2D eigenvalue weighted by atomic mass is 16.6. The SMILES string of the molecule is CCN(CCCN(C)C)c1ccc([N+](=O)[O-])c(N)c1. The van der Waals surface area contributed by atoms with Gasteiger partial charge in [0.15, 0.2) is 0 Å². The second-order valence-corrected chi connectivity index (χ2v) is 4.74. The van der Waals surface area contributed by atoms with Gasteiger partial charge in [-0.1, -0.05) is 0 Å². The summed E-state index contributed by atoms with van der Waals surface area (Å²) in [5.41, 5.74) is 6.83. The van der Waals surface area contributed by atoms with Crippen molar-refractivity contribution in [3.8, 4) is 0 Å². The molecule has 0 fully saturated rings. The first-order chi connectivity index (χ1) is 8.95. The van der Waals surface area contributed by atoms with Gasteiger partial charge < -0.3 is 15.5 Å². The van der Waals surface area contributed by atoms with Crippen LogP contribution in [0.3, 0.4) is 0 Å². The van der Waals surface area contributed by atoms with E-state index in [9.17, 15) is 10.1 Å². The van der Waals surface area contributed by atoms with Crippen LogP contribution >= 0.6 is 0 Å². The molecule has 6 nitrogen and oxygen atoms in total. The molecule has 0 aliphatic heterocycles. The number of nitro groups is 1. The van der Waals surface area contributed by atoms with Gasteiger partial charge in [-0.2, -0.15) is 0 Å². The zero-order valence-corrected chi connectivity index (χ0v) is 11.8. The summed E-state index contributed by atoms with van der Waals surface area (Å²) in [6.45, 7) is 4.84. The topological polar surface area (TPSA) is 75.6 Å². The van der Waals surface area contributed by atoms with Gasteiger partial charge in [-0.3, -0.25) is 10.1 Å². The van der Waals surface area contributed by atoms with Gasteiger partial charge in [0, 0.05) is 24.8 Å². The first-order valence-corrected chi connectivity index (χ1v) is 6.39. The van der Waals surface area contributed by atoms with Crippen molar-refractivity contribution in [1.29, 1.82) is 0 Å². The summed E-state index contributed by atoms with van der Waals surface area (Å²) in [6, 6.07) is 4.91. The summed E-state index contributed by atoms with van der Waals surface area (Å²) in [6.07, 6.45) is 1.04. The van der Waals surface area contributed by atoms with E-state index < -0.39 is 4.92 Å². The molecule has 106 valence electrons. The average molecular weight is 266 g/mol. The minimum atomic E-state index is -0.457. The largest absolute Gasteiger partial charge is 0.393 e. The lowest BCUT2D eigenvalue weighted by atomic mass is 10.2. The fourth-order valence-electron chi connectivity index (χ4n) is 1.95. The minimum Gasteiger partial charge on any atom is -0.393 e. The maximum Gasteiger partial charge on any atom is 0.292 e. The normalized spacial score (nSPS) is 10.7. The van der Waals surface area contributed by atoms with Crippen molar-refractivity contribution in [2.24, 2.45) is 0 Å². The molecule has 1 aromatic carbocycles. The molecular weight excluding hydrogens is 244 g/mol. The van der Waals surface area contributed by atoms with E-state index in [0.29, 0.717) is 0 Å².